The third-order valence-electron chi connectivity index (χ3n) is 1.62. The lowest BCUT2D eigenvalue weighted by molar-refractivity contribution is -0.0524. The lowest BCUT2D eigenvalue weighted by Gasteiger charge is -2.10. The maximum atomic E-state index is 13.1. The number of carbonyl (C=O) groups excluding carboxylic acids is 1. The molecule has 15 heavy (non-hydrogen) atoms. The van der Waals surface area contributed by atoms with Gasteiger partial charge in [-0.15, -0.1) is 0 Å². The average Bonchev–Trinajstić information content (AvgIpc) is 2.10. The van der Waals surface area contributed by atoms with Crippen LogP contribution in [0.3, 0.4) is 0 Å². The maximum absolute atomic E-state index is 13.1. The third kappa shape index (κ3) is 2.62. The number of hydrogen-bond acceptors (Lipinski definition) is 2. The minimum atomic E-state index is -3.21. The zero-order chi connectivity index (χ0) is 11.6. The molecule has 0 aliphatic carbocycles. The molecule has 1 aromatic carbocycles. The molecule has 2 nitrogen and oxygen atoms in total. The fourth-order valence-corrected chi connectivity index (χ4v) is 1.35. The molecule has 0 N–H and O–H groups in total. The van der Waals surface area contributed by atoms with Gasteiger partial charge in [0.05, 0.1) is 10.6 Å². The Balaban J connectivity index is 3.31. The first kappa shape index (κ1) is 11.8. The fourth-order valence-electron chi connectivity index (χ4n) is 1.07. The molecule has 0 spiro atoms. The Kier molecular flexibility index (Phi) is 3.57. The predicted molar refractivity (Wildman–Crippen MR) is 48.0 cm³/mol. The van der Waals surface area contributed by atoms with E-state index in [9.17, 15) is 18.0 Å². The van der Waals surface area contributed by atoms with Gasteiger partial charge in [-0.2, -0.15) is 8.78 Å². The van der Waals surface area contributed by atoms with E-state index in [-0.39, 0.29) is 10.6 Å². The highest BCUT2D eigenvalue weighted by Gasteiger charge is 2.20. The number of rotatable bonds is 3. The Bertz CT molecular complexity index is 393. The lowest BCUT2D eigenvalue weighted by atomic mass is 10.1. The minimum absolute atomic E-state index is 0.125. The third-order valence-corrected chi connectivity index (χ3v) is 1.93. The van der Waals surface area contributed by atoms with E-state index in [0.29, 0.717) is 0 Å². The van der Waals surface area contributed by atoms with Crippen LogP contribution in [0, 0.1) is 5.82 Å². The van der Waals surface area contributed by atoms with E-state index in [2.05, 4.69) is 4.74 Å². The van der Waals surface area contributed by atoms with Gasteiger partial charge in [0, 0.05) is 0 Å². The molecular weight excluding hydrogens is 233 g/mol. The summed E-state index contributed by atoms with van der Waals surface area (Å²) in [7, 11) is 0. The van der Waals surface area contributed by atoms with Gasteiger partial charge >= 0.3 is 6.61 Å². The molecule has 0 fully saturated rings. The van der Waals surface area contributed by atoms with Gasteiger partial charge in [-0.3, -0.25) is 4.79 Å². The fraction of sp³-hybridized carbons (Fsp3) is 0.222. The second-order valence-electron chi connectivity index (χ2n) is 2.67. The Morgan fingerprint density at radius 2 is 2.07 bits per heavy atom. The van der Waals surface area contributed by atoms with Gasteiger partial charge in [0.15, 0.2) is 17.3 Å². The van der Waals surface area contributed by atoms with Crippen LogP contribution in [0.15, 0.2) is 12.1 Å². The van der Waals surface area contributed by atoms with Crippen LogP contribution in [0.5, 0.6) is 5.75 Å². The largest absolute Gasteiger partial charge is 0.431 e. The van der Waals surface area contributed by atoms with Gasteiger partial charge in [-0.25, -0.2) is 4.39 Å². The summed E-state index contributed by atoms with van der Waals surface area (Å²) in [5, 5.41) is -0.125. The number of ketones is 1. The summed E-state index contributed by atoms with van der Waals surface area (Å²) in [5.74, 6) is -2.51. The molecule has 1 aromatic rings. The first-order valence-corrected chi connectivity index (χ1v) is 4.25. The molecule has 0 aliphatic heterocycles. The smallest absolute Gasteiger partial charge is 0.387 e. The van der Waals surface area contributed by atoms with Crippen molar-refractivity contribution in [3.8, 4) is 5.75 Å². The molecule has 0 saturated carbocycles. The van der Waals surface area contributed by atoms with Crippen molar-refractivity contribution in [3.05, 3.63) is 28.5 Å². The van der Waals surface area contributed by atoms with Crippen molar-refractivity contribution < 1.29 is 22.7 Å². The maximum Gasteiger partial charge on any atom is 0.387 e. The SMILES string of the molecule is CC(=O)c1c(Cl)ccc(F)c1OC(F)F. The van der Waals surface area contributed by atoms with Crippen molar-refractivity contribution >= 4 is 17.4 Å². The van der Waals surface area contributed by atoms with Crippen molar-refractivity contribution in [2.75, 3.05) is 0 Å². The summed E-state index contributed by atoms with van der Waals surface area (Å²) in [6, 6.07) is 1.96. The number of hydrogen-bond donors (Lipinski definition) is 0. The van der Waals surface area contributed by atoms with Crippen molar-refractivity contribution in [2.45, 2.75) is 13.5 Å². The van der Waals surface area contributed by atoms with Gasteiger partial charge in [0.1, 0.15) is 0 Å². The van der Waals surface area contributed by atoms with Crippen LogP contribution < -0.4 is 4.74 Å². The van der Waals surface area contributed by atoms with Crippen LogP contribution in [0.1, 0.15) is 17.3 Å². The highest BCUT2D eigenvalue weighted by Crippen LogP contribution is 2.31. The van der Waals surface area contributed by atoms with Gasteiger partial charge in [-0.1, -0.05) is 11.6 Å². The summed E-state index contributed by atoms with van der Waals surface area (Å²) in [4.78, 5) is 11.0. The van der Waals surface area contributed by atoms with E-state index in [1.54, 1.807) is 0 Å². The van der Waals surface area contributed by atoms with Crippen LogP contribution in [-0.4, -0.2) is 12.4 Å². The topological polar surface area (TPSA) is 26.3 Å². The molecule has 1 rings (SSSR count). The molecule has 0 radical (unpaired) electrons. The van der Waals surface area contributed by atoms with E-state index in [0.717, 1.165) is 19.1 Å². The number of halogens is 4. The van der Waals surface area contributed by atoms with E-state index in [1.807, 2.05) is 0 Å². The summed E-state index contributed by atoms with van der Waals surface area (Å²) >= 11 is 5.57. The van der Waals surface area contributed by atoms with E-state index in [4.69, 9.17) is 11.6 Å². The number of alkyl halides is 2. The first-order valence-electron chi connectivity index (χ1n) is 3.87. The molecule has 0 saturated heterocycles. The van der Waals surface area contributed by atoms with E-state index < -0.39 is 24.0 Å². The molecule has 0 amide bonds. The molecular formula is C9H6ClF3O2. The van der Waals surface area contributed by atoms with Crippen molar-refractivity contribution in [1.29, 1.82) is 0 Å². The number of Topliss-reactive ketones (excluding diaryl/α,β-unsaturated/α-hetero) is 1. The zero-order valence-corrected chi connectivity index (χ0v) is 8.32. The van der Waals surface area contributed by atoms with Crippen LogP contribution in [0.2, 0.25) is 5.02 Å². The highest BCUT2D eigenvalue weighted by molar-refractivity contribution is 6.34. The van der Waals surface area contributed by atoms with Crippen LogP contribution in [0.4, 0.5) is 13.2 Å². The second-order valence-corrected chi connectivity index (χ2v) is 3.08. The van der Waals surface area contributed by atoms with E-state index >= 15 is 0 Å². The second kappa shape index (κ2) is 4.53. The monoisotopic (exact) mass is 238 g/mol. The Morgan fingerprint density at radius 3 is 2.53 bits per heavy atom. The predicted octanol–water partition coefficient (Wildman–Crippen LogP) is 3.28. The molecule has 0 aromatic heterocycles. The highest BCUT2D eigenvalue weighted by atomic mass is 35.5. The van der Waals surface area contributed by atoms with Gasteiger partial charge in [-0.05, 0) is 19.1 Å². The van der Waals surface area contributed by atoms with Gasteiger partial charge in [0.25, 0.3) is 0 Å². The molecule has 6 heteroatoms. The first-order chi connectivity index (χ1) is 6.93. The van der Waals surface area contributed by atoms with Crippen LogP contribution in [0.25, 0.3) is 0 Å². The van der Waals surface area contributed by atoms with Crippen molar-refractivity contribution in [2.24, 2.45) is 0 Å². The molecule has 0 unspecified atom stereocenters. The Hall–Kier alpha value is -1.23. The summed E-state index contributed by atoms with van der Waals surface area (Å²) in [6.45, 7) is -2.13. The number of ether oxygens (including phenoxy) is 1. The van der Waals surface area contributed by atoms with Crippen LogP contribution in [-0.2, 0) is 0 Å². The lowest BCUT2D eigenvalue weighted by Crippen LogP contribution is -2.09. The Labute approximate surface area is 88.6 Å². The van der Waals surface area contributed by atoms with Crippen molar-refractivity contribution in [1.82, 2.24) is 0 Å². The average molecular weight is 239 g/mol. The van der Waals surface area contributed by atoms with Gasteiger partial charge in [0.2, 0.25) is 0 Å². The van der Waals surface area contributed by atoms with Crippen molar-refractivity contribution in [3.63, 3.8) is 0 Å². The normalized spacial score (nSPS) is 10.5. The molecule has 0 atom stereocenters. The Morgan fingerprint density at radius 1 is 1.47 bits per heavy atom. The molecule has 0 bridgehead atoms. The van der Waals surface area contributed by atoms with Gasteiger partial charge < -0.3 is 4.74 Å². The quantitative estimate of drug-likeness (QED) is 0.756. The molecule has 82 valence electrons. The summed E-state index contributed by atoms with van der Waals surface area (Å²) in [6.07, 6.45) is 0. The standard InChI is InChI=1S/C9H6ClF3O2/c1-4(14)7-5(10)2-3-6(11)8(7)15-9(12)13/h2-3,9H,1H3. The van der Waals surface area contributed by atoms with Crippen LogP contribution >= 0.6 is 11.6 Å². The molecule has 0 heterocycles. The summed E-state index contributed by atoms with van der Waals surface area (Å²) < 4.78 is 40.9. The zero-order valence-electron chi connectivity index (χ0n) is 7.56. The van der Waals surface area contributed by atoms with E-state index in [1.165, 1.54) is 0 Å². The summed E-state index contributed by atoms with van der Waals surface area (Å²) in [5.41, 5.74) is -0.378. The number of carbonyl (C=O) groups is 1. The molecule has 0 aliphatic rings. The number of benzene rings is 1. The minimum Gasteiger partial charge on any atom is -0.431 e.